The van der Waals surface area contributed by atoms with Crippen LogP contribution in [-0.4, -0.2) is 60.9 Å². The fraction of sp³-hybridized carbons (Fsp3) is 0.222. The van der Waals surface area contributed by atoms with Gasteiger partial charge in [0.2, 0.25) is 0 Å². The highest BCUT2D eigenvalue weighted by Crippen LogP contribution is 2.40. The van der Waals surface area contributed by atoms with Crippen LogP contribution in [0.2, 0.25) is 0 Å². The van der Waals surface area contributed by atoms with E-state index in [-0.39, 0.29) is 22.2 Å². The summed E-state index contributed by atoms with van der Waals surface area (Å²) in [5.74, 6) is -2.18. The van der Waals surface area contributed by atoms with Crippen molar-refractivity contribution in [2.24, 2.45) is 5.16 Å². The molecule has 2 aromatic rings. The molecule has 5 N–H and O–H groups in total. The maximum atomic E-state index is 12.8. The summed E-state index contributed by atoms with van der Waals surface area (Å²) in [6, 6.07) is 4.56. The van der Waals surface area contributed by atoms with E-state index in [1.54, 1.807) is 0 Å². The Hall–Kier alpha value is -3.45. The normalized spacial score (nSPS) is 20.8. The van der Waals surface area contributed by atoms with Crippen molar-refractivity contribution in [1.82, 2.24) is 15.2 Å². The van der Waals surface area contributed by atoms with Gasteiger partial charge in [-0.25, -0.2) is 14.3 Å². The Kier molecular flexibility index (Phi) is 5.61. The highest BCUT2D eigenvalue weighted by molar-refractivity contribution is 8.00. The molecule has 2 amide bonds. The molecule has 1 fully saturated rings. The first kappa shape index (κ1) is 20.8. The molecule has 0 aromatic carbocycles. The number of amides is 2. The van der Waals surface area contributed by atoms with E-state index >= 15 is 0 Å². The van der Waals surface area contributed by atoms with Gasteiger partial charge in [0.25, 0.3) is 11.8 Å². The predicted octanol–water partition coefficient (Wildman–Crippen LogP) is -0.370. The number of rotatable bonds is 6. The monoisotopic (exact) mass is 461 g/mol. The van der Waals surface area contributed by atoms with Crippen LogP contribution in [-0.2, 0) is 20.9 Å². The van der Waals surface area contributed by atoms with E-state index in [1.165, 1.54) is 22.0 Å². The second-order valence-corrected chi connectivity index (χ2v) is 8.68. The van der Waals surface area contributed by atoms with Crippen LogP contribution in [0.3, 0.4) is 0 Å². The van der Waals surface area contributed by atoms with E-state index in [0.29, 0.717) is 17.9 Å². The second kappa shape index (κ2) is 8.35. The number of carbonyl (C=O) groups excluding carboxylic acids is 2. The number of carboxylic acid groups (broad SMARTS) is 1. The van der Waals surface area contributed by atoms with Crippen LogP contribution in [0, 0.1) is 0 Å². The summed E-state index contributed by atoms with van der Waals surface area (Å²) in [5.41, 5.74) is 5.77. The van der Waals surface area contributed by atoms with Crippen molar-refractivity contribution in [2.45, 2.75) is 18.0 Å². The van der Waals surface area contributed by atoms with Crippen LogP contribution in [0.15, 0.2) is 52.4 Å². The number of nitrogens with two attached hydrogens (primary N) is 1. The third kappa shape index (κ3) is 3.84. The van der Waals surface area contributed by atoms with Crippen molar-refractivity contribution < 1.29 is 29.3 Å². The summed E-state index contributed by atoms with van der Waals surface area (Å²) < 4.78 is 1.83. The van der Waals surface area contributed by atoms with Gasteiger partial charge in [-0.05, 0) is 0 Å². The Labute approximate surface area is 183 Å². The Morgan fingerprint density at radius 2 is 2.10 bits per heavy atom. The Morgan fingerprint density at radius 3 is 2.71 bits per heavy atom. The van der Waals surface area contributed by atoms with Gasteiger partial charge in [-0.1, -0.05) is 11.2 Å². The lowest BCUT2D eigenvalue weighted by atomic mass is 10.0. The van der Waals surface area contributed by atoms with Gasteiger partial charge in [0.05, 0.1) is 0 Å². The fourth-order valence-electron chi connectivity index (χ4n) is 3.38. The molecule has 1 unspecified atom stereocenters. The molecule has 31 heavy (non-hydrogen) atoms. The molecule has 0 aliphatic carbocycles. The number of oxime groups is 1. The number of nitrogens with zero attached hydrogens (tertiary/aromatic N) is 4. The lowest BCUT2D eigenvalue weighted by Crippen LogP contribution is -2.71. The summed E-state index contributed by atoms with van der Waals surface area (Å²) in [6.07, 6.45) is 3.62. The first-order valence-electron chi connectivity index (χ1n) is 8.99. The largest absolute Gasteiger partial charge is 0.477 e. The van der Waals surface area contributed by atoms with Gasteiger partial charge >= 0.3 is 5.97 Å². The lowest BCUT2D eigenvalue weighted by molar-refractivity contribution is -0.689. The van der Waals surface area contributed by atoms with E-state index < -0.39 is 29.2 Å². The van der Waals surface area contributed by atoms with E-state index in [1.807, 2.05) is 35.2 Å². The minimum absolute atomic E-state index is 0.0704. The number of aliphatic carboxylic acids is 1. The molecule has 0 bridgehead atoms. The van der Waals surface area contributed by atoms with Crippen LogP contribution in [0.1, 0.15) is 5.69 Å². The van der Waals surface area contributed by atoms with Crippen LogP contribution in [0.4, 0.5) is 5.13 Å². The number of nitrogen functional groups attached to an aromatic ring is 1. The topological polar surface area (TPSA) is 162 Å². The Balaban J connectivity index is 1.52. The van der Waals surface area contributed by atoms with E-state index in [4.69, 9.17) is 5.73 Å². The summed E-state index contributed by atoms with van der Waals surface area (Å²) >= 11 is 2.42. The smallest absolute Gasteiger partial charge is 0.352 e. The van der Waals surface area contributed by atoms with Gasteiger partial charge in [-0.15, -0.1) is 23.1 Å². The van der Waals surface area contributed by atoms with Crippen LogP contribution in [0.5, 0.6) is 0 Å². The summed E-state index contributed by atoms with van der Waals surface area (Å²) in [7, 11) is 0. The molecule has 1 saturated heterocycles. The number of aromatic nitrogens is 2. The standard InChI is InChI=1S/C18H16N6O5S2/c19-18-20-10(8-31-18)11(22-29)14(25)21-12-15(26)24-13(17(27)28)9(7-30-16(12)24)6-23-4-2-1-3-5-23/h1-5,8,12,16H,6-7H2,(H4-,19,20,21,25,27,28,29)/p+1/t12?,16-/m1/s1. The number of pyridine rings is 1. The number of thiazole rings is 1. The van der Waals surface area contributed by atoms with E-state index in [0.717, 1.165) is 11.3 Å². The molecule has 2 aromatic heterocycles. The number of carbonyl (C=O) groups is 3. The maximum Gasteiger partial charge on any atom is 0.352 e. The number of nitrogens with one attached hydrogen (secondary N) is 1. The van der Waals surface area contributed by atoms with Crippen molar-refractivity contribution in [3.63, 3.8) is 0 Å². The molecule has 2 aliphatic rings. The van der Waals surface area contributed by atoms with Crippen molar-refractivity contribution in [1.29, 1.82) is 0 Å². The molecule has 11 nitrogen and oxygen atoms in total. The zero-order valence-electron chi connectivity index (χ0n) is 15.8. The molecule has 2 atom stereocenters. The minimum atomic E-state index is -1.20. The molecule has 0 spiro atoms. The highest BCUT2D eigenvalue weighted by atomic mass is 32.2. The predicted molar refractivity (Wildman–Crippen MR) is 111 cm³/mol. The minimum Gasteiger partial charge on any atom is -0.477 e. The number of fused-ring (bicyclic) bond motifs is 1. The van der Waals surface area contributed by atoms with Gasteiger partial charge in [0.1, 0.15) is 22.8 Å². The van der Waals surface area contributed by atoms with Crippen LogP contribution in [0.25, 0.3) is 0 Å². The molecule has 4 rings (SSSR count). The lowest BCUT2D eigenvalue weighted by Gasteiger charge is -2.49. The second-order valence-electron chi connectivity index (χ2n) is 6.69. The van der Waals surface area contributed by atoms with Crippen molar-refractivity contribution in [3.8, 4) is 0 Å². The zero-order valence-corrected chi connectivity index (χ0v) is 17.5. The molecule has 0 radical (unpaired) electrons. The van der Waals surface area contributed by atoms with Gasteiger partial charge in [0.15, 0.2) is 29.8 Å². The molecule has 4 heterocycles. The fourth-order valence-corrected chi connectivity index (χ4v) is 5.27. The van der Waals surface area contributed by atoms with Gasteiger partial charge in [-0.2, -0.15) is 0 Å². The third-order valence-electron chi connectivity index (χ3n) is 4.77. The van der Waals surface area contributed by atoms with Crippen LogP contribution < -0.4 is 15.6 Å². The summed E-state index contributed by atoms with van der Waals surface area (Å²) in [4.78, 5) is 42.3. The molecule has 2 aliphatic heterocycles. The van der Waals surface area contributed by atoms with Crippen molar-refractivity contribution in [2.75, 3.05) is 11.5 Å². The molecule has 0 saturated carbocycles. The van der Waals surface area contributed by atoms with Crippen molar-refractivity contribution in [3.05, 3.63) is 52.9 Å². The number of hydrogen-bond donors (Lipinski definition) is 4. The zero-order chi connectivity index (χ0) is 22.1. The summed E-state index contributed by atoms with van der Waals surface area (Å²) in [5, 5.41) is 25.5. The molecular weight excluding hydrogens is 444 g/mol. The molecule has 160 valence electrons. The van der Waals surface area contributed by atoms with Gasteiger partial charge < -0.3 is 21.4 Å². The molecular formula is C18H17N6O5S2+. The number of carboxylic acids is 1. The SMILES string of the molecule is Nc1nc(/C(=N/O)C(=O)NC2C(=O)N3C(C(=O)O)=C(C[n+]4ccccc4)CS[C@H]23)cs1. The highest BCUT2D eigenvalue weighted by Gasteiger charge is 2.54. The molecule has 13 heteroatoms. The van der Waals surface area contributed by atoms with Crippen LogP contribution >= 0.6 is 23.1 Å². The van der Waals surface area contributed by atoms with Gasteiger partial charge in [-0.3, -0.25) is 14.5 Å². The number of anilines is 1. The Morgan fingerprint density at radius 1 is 1.35 bits per heavy atom. The number of hydrogen-bond acceptors (Lipinski definition) is 9. The first-order valence-corrected chi connectivity index (χ1v) is 10.9. The van der Waals surface area contributed by atoms with E-state index in [9.17, 15) is 24.7 Å². The summed E-state index contributed by atoms with van der Waals surface area (Å²) in [6.45, 7) is 0.329. The third-order valence-corrected chi connectivity index (χ3v) is 6.78. The quantitative estimate of drug-likeness (QED) is 0.149. The van der Waals surface area contributed by atoms with Gasteiger partial charge in [0, 0.05) is 28.8 Å². The average Bonchev–Trinajstić information content (AvgIpc) is 3.18. The number of β-lactam (4-membered cyclic amide) rings is 1. The first-order chi connectivity index (χ1) is 14.9. The van der Waals surface area contributed by atoms with Crippen molar-refractivity contribution >= 4 is 51.7 Å². The average molecular weight is 462 g/mol. The number of thioether (sulfide) groups is 1. The van der Waals surface area contributed by atoms with E-state index in [2.05, 4.69) is 15.5 Å². The maximum absolute atomic E-state index is 12.8. The Bertz CT molecular complexity index is 1120.